The van der Waals surface area contributed by atoms with Gasteiger partial charge in [0.25, 0.3) is 5.92 Å². The van der Waals surface area contributed by atoms with Crippen LogP contribution in [0.1, 0.15) is 30.2 Å². The molecule has 2 N–H and O–H groups in total. The summed E-state index contributed by atoms with van der Waals surface area (Å²) in [6.45, 7) is 5.55. The highest BCUT2D eigenvalue weighted by Crippen LogP contribution is 2.49. The second-order valence-corrected chi connectivity index (χ2v) is 7.46. The average Bonchev–Trinajstić information content (AvgIpc) is 3.36. The molecule has 0 radical (unpaired) electrons. The molecule has 1 aliphatic rings. The third-order valence-electron chi connectivity index (χ3n) is 5.13. The summed E-state index contributed by atoms with van der Waals surface area (Å²) in [5.74, 6) is -4.75. The van der Waals surface area contributed by atoms with E-state index < -0.39 is 30.3 Å². The Kier molecular flexibility index (Phi) is 5.03. The molecule has 30 heavy (non-hydrogen) atoms. The lowest BCUT2D eigenvalue weighted by molar-refractivity contribution is -0.119. The number of carbonyl (C=O) groups excluding carboxylic acids is 1. The maximum absolute atomic E-state index is 13.0. The monoisotopic (exact) mass is 410 g/mol. The van der Waals surface area contributed by atoms with Gasteiger partial charge in [-0.2, -0.15) is 0 Å². The maximum Gasteiger partial charge on any atom is 0.260 e. The molecule has 3 aromatic rings. The molecule has 0 unspecified atom stereocenters. The van der Waals surface area contributed by atoms with Gasteiger partial charge in [0.05, 0.1) is 17.3 Å². The predicted molar refractivity (Wildman–Crippen MR) is 109 cm³/mol. The summed E-state index contributed by atoms with van der Waals surface area (Å²) >= 11 is 0. The third-order valence-corrected chi connectivity index (χ3v) is 5.13. The van der Waals surface area contributed by atoms with Gasteiger partial charge < -0.3 is 10.4 Å². The van der Waals surface area contributed by atoms with Crippen LogP contribution in [0.2, 0.25) is 0 Å². The Morgan fingerprint density at radius 2 is 2.07 bits per heavy atom. The number of hydrogen-bond donors (Lipinski definition) is 2. The fourth-order valence-electron chi connectivity index (χ4n) is 3.29. The molecule has 1 aliphatic carbocycles. The topological polar surface area (TPSA) is 88.0 Å². The Balaban J connectivity index is 1.57. The minimum Gasteiger partial charge on any atom is -0.386 e. The molecule has 6 nitrogen and oxygen atoms in total. The van der Waals surface area contributed by atoms with Crippen LogP contribution in [-0.2, 0) is 4.79 Å². The van der Waals surface area contributed by atoms with E-state index in [1.165, 1.54) is 6.20 Å². The molecular formula is C22H20F2N4O2. The van der Waals surface area contributed by atoms with Gasteiger partial charge in [-0.05, 0) is 31.0 Å². The first-order valence-corrected chi connectivity index (χ1v) is 9.49. The van der Waals surface area contributed by atoms with Crippen molar-refractivity contribution in [2.75, 3.05) is 5.32 Å². The minimum absolute atomic E-state index is 0.189. The molecule has 1 fully saturated rings. The van der Waals surface area contributed by atoms with Crippen LogP contribution in [0.5, 0.6) is 0 Å². The number of pyridine rings is 3. The minimum atomic E-state index is -2.92. The van der Waals surface area contributed by atoms with Crippen LogP contribution in [0, 0.1) is 12.8 Å². The summed E-state index contributed by atoms with van der Waals surface area (Å²) in [5, 5.41) is 13.2. The lowest BCUT2D eigenvalue weighted by atomic mass is 10.0. The third kappa shape index (κ3) is 3.91. The number of fused-ring (bicyclic) bond motifs is 1. The van der Waals surface area contributed by atoms with Crippen molar-refractivity contribution >= 4 is 22.6 Å². The molecule has 0 spiro atoms. The summed E-state index contributed by atoms with van der Waals surface area (Å²) in [6.07, 6.45) is 5.85. The van der Waals surface area contributed by atoms with Gasteiger partial charge in [-0.15, -0.1) is 6.58 Å². The molecule has 0 aliphatic heterocycles. The molecule has 4 rings (SSSR count). The first-order valence-electron chi connectivity index (χ1n) is 9.49. The number of halogens is 2. The van der Waals surface area contributed by atoms with E-state index in [9.17, 15) is 18.7 Å². The van der Waals surface area contributed by atoms with E-state index >= 15 is 0 Å². The van der Waals surface area contributed by atoms with Crippen molar-refractivity contribution in [1.82, 2.24) is 15.0 Å². The van der Waals surface area contributed by atoms with E-state index in [2.05, 4.69) is 26.8 Å². The fraction of sp³-hybridized carbons (Fsp3) is 0.273. The van der Waals surface area contributed by atoms with Crippen LogP contribution in [0.15, 0.2) is 49.4 Å². The number of anilines is 1. The Bertz CT molecular complexity index is 1150. The van der Waals surface area contributed by atoms with Crippen molar-refractivity contribution < 1.29 is 18.7 Å². The quantitative estimate of drug-likeness (QED) is 0.595. The van der Waals surface area contributed by atoms with Crippen LogP contribution in [-0.4, -0.2) is 31.9 Å². The number of hydrogen-bond acceptors (Lipinski definition) is 5. The van der Waals surface area contributed by atoms with E-state index in [0.717, 1.165) is 22.1 Å². The predicted octanol–water partition coefficient (Wildman–Crippen LogP) is 4.20. The molecule has 0 saturated heterocycles. The van der Waals surface area contributed by atoms with Gasteiger partial charge in [0.2, 0.25) is 5.91 Å². The Hall–Kier alpha value is -3.26. The van der Waals surface area contributed by atoms with Gasteiger partial charge in [-0.1, -0.05) is 6.08 Å². The van der Waals surface area contributed by atoms with Gasteiger partial charge in [0.15, 0.2) is 0 Å². The van der Waals surface area contributed by atoms with Gasteiger partial charge in [0, 0.05) is 47.6 Å². The Morgan fingerprint density at radius 3 is 2.73 bits per heavy atom. The molecule has 8 heteroatoms. The highest BCUT2D eigenvalue weighted by atomic mass is 19.3. The molecule has 1 saturated carbocycles. The number of amides is 1. The molecular weight excluding hydrogens is 390 g/mol. The molecule has 2 atom stereocenters. The number of aromatic nitrogens is 3. The van der Waals surface area contributed by atoms with Crippen molar-refractivity contribution in [2.24, 2.45) is 5.92 Å². The second kappa shape index (κ2) is 7.53. The normalized spacial score (nSPS) is 18.1. The van der Waals surface area contributed by atoms with Crippen LogP contribution in [0.4, 0.5) is 14.6 Å². The number of nitrogens with one attached hydrogen (secondary N) is 1. The number of aliphatic hydroxyl groups is 1. The summed E-state index contributed by atoms with van der Waals surface area (Å²) in [7, 11) is 0. The standard InChI is InChI=1S/C22H20F2N4O2/c1-3-4-19(29)18-5-12(2)15(11-26-18)13-6-14-10-27-20(7-17(14)25-9-13)28-21(30)16-8-22(16,23)24/h3,5-7,9-11,16,19,29H,1,4,8H2,2H3,(H,27,28,30)/t16-,19+/m1/s1. The van der Waals surface area contributed by atoms with Crippen LogP contribution in [0.3, 0.4) is 0 Å². The second-order valence-electron chi connectivity index (χ2n) is 7.46. The van der Waals surface area contributed by atoms with Crippen LogP contribution >= 0.6 is 0 Å². The number of aryl methyl sites for hydroxylation is 1. The summed E-state index contributed by atoms with van der Waals surface area (Å²) in [4.78, 5) is 24.7. The zero-order valence-corrected chi connectivity index (χ0v) is 16.3. The zero-order valence-electron chi connectivity index (χ0n) is 16.3. The van der Waals surface area contributed by atoms with Crippen LogP contribution < -0.4 is 5.32 Å². The van der Waals surface area contributed by atoms with Crippen molar-refractivity contribution in [3.05, 3.63) is 60.7 Å². The summed E-state index contributed by atoms with van der Waals surface area (Å²) < 4.78 is 26.1. The van der Waals surface area contributed by atoms with Gasteiger partial charge in [-0.3, -0.25) is 14.8 Å². The SMILES string of the molecule is C=CC[C@H](O)c1cc(C)c(-c2cnc3cc(NC(=O)[C@H]4CC4(F)F)ncc3c2)cn1. The van der Waals surface area contributed by atoms with E-state index in [4.69, 9.17) is 0 Å². The Morgan fingerprint density at radius 1 is 1.30 bits per heavy atom. The fourth-order valence-corrected chi connectivity index (χ4v) is 3.29. The van der Waals surface area contributed by atoms with Crippen LogP contribution in [0.25, 0.3) is 22.0 Å². The highest BCUT2D eigenvalue weighted by Gasteiger charge is 2.61. The lowest BCUT2D eigenvalue weighted by Crippen LogP contribution is -2.18. The van der Waals surface area contributed by atoms with Crippen molar-refractivity contribution in [2.45, 2.75) is 31.8 Å². The largest absolute Gasteiger partial charge is 0.386 e. The number of aliphatic hydroxyl groups excluding tert-OH is 1. The van der Waals surface area contributed by atoms with E-state index in [1.807, 2.05) is 19.1 Å². The van der Waals surface area contributed by atoms with E-state index in [1.54, 1.807) is 24.5 Å². The average molecular weight is 410 g/mol. The molecule has 3 aromatic heterocycles. The van der Waals surface area contributed by atoms with E-state index in [-0.39, 0.29) is 5.82 Å². The number of alkyl halides is 2. The van der Waals surface area contributed by atoms with Crippen molar-refractivity contribution in [3.63, 3.8) is 0 Å². The number of rotatable bonds is 6. The number of nitrogens with zero attached hydrogens (tertiary/aromatic N) is 3. The molecule has 0 aromatic carbocycles. The Labute approximate surface area is 171 Å². The zero-order chi connectivity index (χ0) is 21.5. The van der Waals surface area contributed by atoms with E-state index in [0.29, 0.717) is 17.6 Å². The summed E-state index contributed by atoms with van der Waals surface area (Å²) in [6, 6.07) is 5.27. The maximum atomic E-state index is 13.0. The van der Waals surface area contributed by atoms with Gasteiger partial charge in [0.1, 0.15) is 11.7 Å². The number of carbonyl (C=O) groups is 1. The highest BCUT2D eigenvalue weighted by molar-refractivity contribution is 5.96. The summed E-state index contributed by atoms with van der Waals surface area (Å²) in [5.41, 5.74) is 3.79. The smallest absolute Gasteiger partial charge is 0.260 e. The molecule has 154 valence electrons. The van der Waals surface area contributed by atoms with Gasteiger partial charge in [-0.25, -0.2) is 13.8 Å². The lowest BCUT2D eigenvalue weighted by Gasteiger charge is -2.12. The van der Waals surface area contributed by atoms with Crippen molar-refractivity contribution in [3.8, 4) is 11.1 Å². The molecule has 1 amide bonds. The first kappa shape index (κ1) is 20.0. The van der Waals surface area contributed by atoms with Crippen molar-refractivity contribution in [1.29, 1.82) is 0 Å². The molecule has 3 heterocycles. The molecule has 0 bridgehead atoms. The first-order chi connectivity index (χ1) is 14.3. The van der Waals surface area contributed by atoms with Gasteiger partial charge >= 0.3 is 0 Å².